The lowest BCUT2D eigenvalue weighted by molar-refractivity contribution is 0.0346. The monoisotopic (exact) mass is 489 g/mol. The zero-order valence-electron chi connectivity index (χ0n) is 20.4. The van der Waals surface area contributed by atoms with Crippen molar-refractivity contribution < 1.29 is 9.47 Å². The number of morpholine rings is 2. The fraction of sp³-hybridized carbons (Fsp3) is 0.407. The van der Waals surface area contributed by atoms with Crippen LogP contribution in [0.25, 0.3) is 27.3 Å². The topological polar surface area (TPSA) is 55.7 Å². The number of rotatable bonds is 5. The van der Waals surface area contributed by atoms with Crippen molar-refractivity contribution >= 4 is 27.2 Å². The lowest BCUT2D eigenvalue weighted by atomic mass is 10.1. The van der Waals surface area contributed by atoms with Gasteiger partial charge in [0.2, 0.25) is 0 Å². The Balaban J connectivity index is 1.42. The average Bonchev–Trinajstić information content (AvgIpc) is 3.50. The van der Waals surface area contributed by atoms with E-state index in [4.69, 9.17) is 19.6 Å². The van der Waals surface area contributed by atoms with Crippen LogP contribution < -0.4 is 4.90 Å². The predicted octanol–water partition coefficient (Wildman–Crippen LogP) is 4.43. The molecule has 1 aromatic carbocycles. The molecule has 2 saturated heterocycles. The van der Waals surface area contributed by atoms with Crippen LogP contribution in [0.3, 0.4) is 0 Å². The zero-order chi connectivity index (χ0) is 23.8. The average molecular weight is 490 g/mol. The second-order valence-electron chi connectivity index (χ2n) is 9.33. The number of hydrogen-bond donors (Lipinski definition) is 0. The number of anilines is 1. The first-order chi connectivity index (χ1) is 17.2. The third-order valence-electron chi connectivity index (χ3n) is 6.90. The Morgan fingerprint density at radius 2 is 1.71 bits per heavy atom. The van der Waals surface area contributed by atoms with Crippen LogP contribution in [-0.4, -0.2) is 72.3 Å². The highest BCUT2D eigenvalue weighted by Crippen LogP contribution is 2.39. The van der Waals surface area contributed by atoms with Crippen LogP contribution in [0, 0.1) is 13.8 Å². The van der Waals surface area contributed by atoms with E-state index in [1.54, 1.807) is 0 Å². The van der Waals surface area contributed by atoms with Crippen molar-refractivity contribution in [1.29, 1.82) is 0 Å². The van der Waals surface area contributed by atoms with Gasteiger partial charge in [-0.3, -0.25) is 4.90 Å². The molecular formula is C27H31N5O2S. The van der Waals surface area contributed by atoms with Crippen molar-refractivity contribution in [2.24, 2.45) is 0 Å². The van der Waals surface area contributed by atoms with Gasteiger partial charge in [-0.05, 0) is 31.5 Å². The summed E-state index contributed by atoms with van der Waals surface area (Å²) in [6.07, 6.45) is 2.02. The molecule has 4 aromatic rings. The van der Waals surface area contributed by atoms with Crippen molar-refractivity contribution in [3.05, 3.63) is 58.6 Å². The number of aromatic nitrogens is 3. The van der Waals surface area contributed by atoms with Crippen molar-refractivity contribution in [1.82, 2.24) is 19.7 Å². The Labute approximate surface area is 209 Å². The molecule has 0 spiro atoms. The highest BCUT2D eigenvalue weighted by Gasteiger charge is 2.22. The smallest absolute Gasteiger partial charge is 0.156 e. The van der Waals surface area contributed by atoms with E-state index in [-0.39, 0.29) is 0 Å². The van der Waals surface area contributed by atoms with Crippen LogP contribution in [0.5, 0.6) is 0 Å². The largest absolute Gasteiger partial charge is 0.379 e. The van der Waals surface area contributed by atoms with Crippen LogP contribution in [0.2, 0.25) is 0 Å². The molecule has 2 aliphatic rings. The number of fused-ring (bicyclic) bond motifs is 1. The Kier molecular flexibility index (Phi) is 6.28. The van der Waals surface area contributed by atoms with Crippen LogP contribution in [-0.2, 0) is 16.0 Å². The van der Waals surface area contributed by atoms with Gasteiger partial charge < -0.3 is 14.4 Å². The summed E-state index contributed by atoms with van der Waals surface area (Å²) in [5, 5.41) is 4.91. The standard InChI is InChI=1S/C27H31N5O2S/c1-19-4-3-5-21(16-19)22-6-7-32(29-22)25-17-23(31-10-14-34-15-11-31)27-26(28-25)20(2)24(35-27)18-30-8-12-33-13-9-30/h3-7,16-17H,8-15,18H2,1-2H3. The molecule has 0 amide bonds. The van der Waals surface area contributed by atoms with E-state index in [1.165, 1.54) is 26.4 Å². The minimum Gasteiger partial charge on any atom is -0.379 e. The molecule has 0 saturated carbocycles. The van der Waals surface area contributed by atoms with Gasteiger partial charge in [-0.25, -0.2) is 9.67 Å². The molecule has 2 fully saturated rings. The summed E-state index contributed by atoms with van der Waals surface area (Å²) >= 11 is 1.89. The number of hydrogen-bond acceptors (Lipinski definition) is 7. The molecule has 0 radical (unpaired) electrons. The molecule has 8 heteroatoms. The third-order valence-corrected chi connectivity index (χ3v) is 8.19. The number of benzene rings is 1. The van der Waals surface area contributed by atoms with Crippen LogP contribution >= 0.6 is 11.3 Å². The van der Waals surface area contributed by atoms with Gasteiger partial charge in [-0.15, -0.1) is 11.3 Å². The van der Waals surface area contributed by atoms with E-state index in [1.807, 2.05) is 22.2 Å². The maximum atomic E-state index is 5.65. The predicted molar refractivity (Wildman–Crippen MR) is 141 cm³/mol. The minimum absolute atomic E-state index is 0.753. The molecule has 182 valence electrons. The van der Waals surface area contributed by atoms with E-state index in [9.17, 15) is 0 Å². The molecule has 0 N–H and O–H groups in total. The fourth-order valence-electron chi connectivity index (χ4n) is 4.87. The molecular weight excluding hydrogens is 458 g/mol. The van der Waals surface area contributed by atoms with E-state index in [2.05, 4.69) is 60.0 Å². The fourth-order valence-corrected chi connectivity index (χ4v) is 6.20. The first-order valence-corrected chi connectivity index (χ1v) is 13.2. The Morgan fingerprint density at radius 3 is 2.49 bits per heavy atom. The summed E-state index contributed by atoms with van der Waals surface area (Å²) in [6.45, 7) is 12.2. The second-order valence-corrected chi connectivity index (χ2v) is 10.4. The Bertz CT molecular complexity index is 1330. The van der Waals surface area contributed by atoms with E-state index < -0.39 is 0 Å². The molecule has 6 rings (SSSR count). The Hall–Kier alpha value is -2.78. The first-order valence-electron chi connectivity index (χ1n) is 12.3. The zero-order valence-corrected chi connectivity index (χ0v) is 21.2. The second kappa shape index (κ2) is 9.70. The summed E-state index contributed by atoms with van der Waals surface area (Å²) in [7, 11) is 0. The van der Waals surface area contributed by atoms with Crippen LogP contribution in [0.1, 0.15) is 16.0 Å². The SMILES string of the molecule is Cc1cccc(-c2ccn(-c3cc(N4CCOCC4)c4sc(CN5CCOCC5)c(C)c4n3)n2)c1. The summed E-state index contributed by atoms with van der Waals surface area (Å²) in [4.78, 5) is 11.5. The highest BCUT2D eigenvalue weighted by atomic mass is 32.1. The number of nitrogens with zero attached hydrogens (tertiary/aromatic N) is 5. The van der Waals surface area contributed by atoms with E-state index >= 15 is 0 Å². The number of aryl methyl sites for hydroxylation is 2. The maximum absolute atomic E-state index is 5.65. The first kappa shape index (κ1) is 22.7. The van der Waals surface area contributed by atoms with Gasteiger partial charge in [-0.1, -0.05) is 23.8 Å². The van der Waals surface area contributed by atoms with Gasteiger partial charge >= 0.3 is 0 Å². The molecule has 0 bridgehead atoms. The summed E-state index contributed by atoms with van der Waals surface area (Å²) in [5.41, 5.74) is 6.91. The third kappa shape index (κ3) is 4.59. The summed E-state index contributed by atoms with van der Waals surface area (Å²) < 4.78 is 14.4. The molecule has 3 aromatic heterocycles. The number of pyridine rings is 1. The number of thiophene rings is 1. The normalized spacial score (nSPS) is 17.4. The molecule has 35 heavy (non-hydrogen) atoms. The lowest BCUT2D eigenvalue weighted by Crippen LogP contribution is -2.36. The molecule has 5 heterocycles. The van der Waals surface area contributed by atoms with Gasteiger partial charge in [0.05, 0.1) is 48.0 Å². The van der Waals surface area contributed by atoms with Gasteiger partial charge in [0.1, 0.15) is 0 Å². The highest BCUT2D eigenvalue weighted by molar-refractivity contribution is 7.19. The minimum atomic E-state index is 0.753. The van der Waals surface area contributed by atoms with Gasteiger partial charge in [0, 0.05) is 55.4 Å². The summed E-state index contributed by atoms with van der Waals surface area (Å²) in [6, 6.07) is 12.7. The molecule has 0 aliphatic carbocycles. The molecule has 2 aliphatic heterocycles. The van der Waals surface area contributed by atoms with Crippen molar-refractivity contribution in [3.8, 4) is 17.1 Å². The van der Waals surface area contributed by atoms with Crippen molar-refractivity contribution in [2.75, 3.05) is 57.5 Å². The van der Waals surface area contributed by atoms with Gasteiger partial charge in [0.15, 0.2) is 5.82 Å². The summed E-state index contributed by atoms with van der Waals surface area (Å²) in [5.74, 6) is 0.858. The Morgan fingerprint density at radius 1 is 0.943 bits per heavy atom. The van der Waals surface area contributed by atoms with Crippen molar-refractivity contribution in [2.45, 2.75) is 20.4 Å². The number of ether oxygens (including phenoxy) is 2. The van der Waals surface area contributed by atoms with Crippen LogP contribution in [0.4, 0.5) is 5.69 Å². The molecule has 0 unspecified atom stereocenters. The van der Waals surface area contributed by atoms with Gasteiger partial charge in [-0.2, -0.15) is 5.10 Å². The lowest BCUT2D eigenvalue weighted by Gasteiger charge is -2.29. The van der Waals surface area contributed by atoms with Crippen LogP contribution in [0.15, 0.2) is 42.6 Å². The molecule has 7 nitrogen and oxygen atoms in total. The quantitative estimate of drug-likeness (QED) is 0.413. The van der Waals surface area contributed by atoms with E-state index in [0.717, 1.165) is 81.7 Å². The maximum Gasteiger partial charge on any atom is 0.156 e. The van der Waals surface area contributed by atoms with Gasteiger partial charge in [0.25, 0.3) is 0 Å². The van der Waals surface area contributed by atoms with E-state index in [0.29, 0.717) is 0 Å². The molecule has 0 atom stereocenters. The van der Waals surface area contributed by atoms with Crippen molar-refractivity contribution in [3.63, 3.8) is 0 Å².